The van der Waals surface area contributed by atoms with E-state index in [1.807, 2.05) is 26.0 Å². The third kappa shape index (κ3) is 4.16. The Balaban J connectivity index is 1.66. The van der Waals surface area contributed by atoms with Crippen LogP contribution in [0.4, 0.5) is 4.39 Å². The summed E-state index contributed by atoms with van der Waals surface area (Å²) in [6, 6.07) is 7.18. The maximum atomic E-state index is 14.0. The van der Waals surface area contributed by atoms with Gasteiger partial charge in [-0.2, -0.15) is 0 Å². The molecule has 1 aromatic carbocycles. The van der Waals surface area contributed by atoms with E-state index in [-0.39, 0.29) is 17.8 Å². The number of aryl methyl sites for hydroxylation is 1. The highest BCUT2D eigenvalue weighted by molar-refractivity contribution is 5.97. The number of rotatable bonds is 6. The van der Waals surface area contributed by atoms with Gasteiger partial charge in [-0.05, 0) is 62.8 Å². The molecule has 2 aliphatic carbocycles. The Morgan fingerprint density at radius 2 is 1.86 bits per heavy atom. The zero-order valence-corrected chi connectivity index (χ0v) is 17.1. The van der Waals surface area contributed by atoms with E-state index in [0.29, 0.717) is 0 Å². The van der Waals surface area contributed by atoms with Gasteiger partial charge in [0.1, 0.15) is 5.82 Å². The Bertz CT molecular complexity index is 860. The lowest BCUT2D eigenvalue weighted by Crippen LogP contribution is -2.36. The van der Waals surface area contributed by atoms with Gasteiger partial charge >= 0.3 is 0 Å². The zero-order chi connectivity index (χ0) is 19.7. The van der Waals surface area contributed by atoms with Crippen molar-refractivity contribution < 1.29 is 9.18 Å². The van der Waals surface area contributed by atoms with Crippen molar-refractivity contribution >= 4 is 5.91 Å². The number of benzene rings is 1. The number of carbonyl (C=O) groups excluding carboxylic acids is 1. The predicted octanol–water partition coefficient (Wildman–Crippen LogP) is 5.77. The summed E-state index contributed by atoms with van der Waals surface area (Å²) < 4.78 is 16.2. The summed E-state index contributed by atoms with van der Waals surface area (Å²) in [5.74, 6) is 0.592. The molecule has 0 unspecified atom stereocenters. The van der Waals surface area contributed by atoms with Crippen molar-refractivity contribution in [2.24, 2.45) is 5.92 Å². The van der Waals surface area contributed by atoms with Crippen LogP contribution in [0.25, 0.3) is 11.3 Å². The summed E-state index contributed by atoms with van der Waals surface area (Å²) in [5, 5.41) is 3.24. The van der Waals surface area contributed by atoms with Crippen molar-refractivity contribution in [2.45, 2.75) is 77.8 Å². The van der Waals surface area contributed by atoms with Crippen LogP contribution in [0.5, 0.6) is 0 Å². The molecule has 3 nitrogen and oxygen atoms in total. The second kappa shape index (κ2) is 8.10. The first-order chi connectivity index (χ1) is 13.5. The Hall–Kier alpha value is -2.10. The fourth-order valence-corrected chi connectivity index (χ4v) is 4.48. The number of halogens is 1. The fraction of sp³-hybridized carbons (Fsp3) is 0.542. The average molecular weight is 383 g/mol. The van der Waals surface area contributed by atoms with Gasteiger partial charge in [0.15, 0.2) is 0 Å². The summed E-state index contributed by atoms with van der Waals surface area (Å²) in [6.45, 7) is 4.92. The molecule has 1 N–H and O–H groups in total. The number of aromatic nitrogens is 1. The summed E-state index contributed by atoms with van der Waals surface area (Å²) in [6.07, 6.45) is 9.55. The van der Waals surface area contributed by atoms with Gasteiger partial charge in [-0.15, -0.1) is 0 Å². The summed E-state index contributed by atoms with van der Waals surface area (Å²) >= 11 is 0. The molecule has 0 saturated heterocycles. The number of carbonyl (C=O) groups is 1. The van der Waals surface area contributed by atoms with Gasteiger partial charge in [0, 0.05) is 29.5 Å². The van der Waals surface area contributed by atoms with Gasteiger partial charge in [0.25, 0.3) is 5.91 Å². The van der Waals surface area contributed by atoms with E-state index < -0.39 is 0 Å². The Kier molecular flexibility index (Phi) is 5.56. The summed E-state index contributed by atoms with van der Waals surface area (Å²) in [4.78, 5) is 13.0. The van der Waals surface area contributed by atoms with Crippen molar-refractivity contribution in [3.05, 3.63) is 46.9 Å². The number of hydrogen-bond acceptors (Lipinski definition) is 1. The first-order valence-corrected chi connectivity index (χ1v) is 10.8. The van der Waals surface area contributed by atoms with E-state index in [4.69, 9.17) is 0 Å². The lowest BCUT2D eigenvalue weighted by Gasteiger charge is -2.22. The third-order valence-corrected chi connectivity index (χ3v) is 6.48. The van der Waals surface area contributed by atoms with Crippen molar-refractivity contribution in [1.29, 1.82) is 0 Å². The van der Waals surface area contributed by atoms with Gasteiger partial charge in [0.05, 0.1) is 5.56 Å². The maximum absolute atomic E-state index is 14.0. The van der Waals surface area contributed by atoms with Crippen molar-refractivity contribution in [1.82, 2.24) is 9.88 Å². The van der Waals surface area contributed by atoms with E-state index in [1.54, 1.807) is 6.07 Å². The smallest absolute Gasteiger partial charge is 0.253 e. The van der Waals surface area contributed by atoms with Crippen LogP contribution in [-0.4, -0.2) is 16.5 Å². The van der Waals surface area contributed by atoms with Gasteiger partial charge < -0.3 is 9.88 Å². The fourth-order valence-electron chi connectivity index (χ4n) is 4.48. The summed E-state index contributed by atoms with van der Waals surface area (Å²) in [7, 11) is 0. The molecular weight excluding hydrogens is 351 g/mol. The van der Waals surface area contributed by atoms with Crippen LogP contribution < -0.4 is 5.32 Å². The lowest BCUT2D eigenvalue weighted by atomic mass is 9.95. The Labute approximate surface area is 167 Å². The first-order valence-electron chi connectivity index (χ1n) is 10.8. The minimum Gasteiger partial charge on any atom is -0.349 e. The molecule has 1 amide bonds. The maximum Gasteiger partial charge on any atom is 0.253 e. The molecule has 28 heavy (non-hydrogen) atoms. The topological polar surface area (TPSA) is 34.0 Å². The molecule has 4 rings (SSSR count). The van der Waals surface area contributed by atoms with Crippen molar-refractivity contribution in [3.8, 4) is 11.3 Å². The lowest BCUT2D eigenvalue weighted by molar-refractivity contribution is 0.0927. The molecule has 4 heteroatoms. The Morgan fingerprint density at radius 3 is 2.57 bits per heavy atom. The molecule has 2 saturated carbocycles. The number of hydrogen-bond donors (Lipinski definition) is 1. The molecule has 2 aliphatic rings. The molecule has 2 fully saturated rings. The van der Waals surface area contributed by atoms with E-state index in [2.05, 4.69) is 9.88 Å². The second-order valence-electron chi connectivity index (χ2n) is 8.68. The number of nitrogens with one attached hydrogen (secondary N) is 1. The van der Waals surface area contributed by atoms with Gasteiger partial charge in [-0.25, -0.2) is 4.39 Å². The average Bonchev–Trinajstić information content (AvgIpc) is 3.46. The molecule has 0 aliphatic heterocycles. The van der Waals surface area contributed by atoms with Gasteiger partial charge in [0.2, 0.25) is 0 Å². The number of nitrogens with zero attached hydrogens (tertiary/aromatic N) is 1. The molecule has 0 radical (unpaired) electrons. The standard InChI is InChI=1S/C24H31FN2O/c1-16-8-11-19(25)14-21(16)23-15-22(17(2)27(23)13-12-18-9-10-18)24(28)26-20-6-4-3-5-7-20/h8,11,14-15,18,20H,3-7,9-10,12-13H2,1-2H3,(H,26,28). The quantitative estimate of drug-likeness (QED) is 0.676. The SMILES string of the molecule is Cc1ccc(F)cc1-c1cc(C(=O)NC2CCCCC2)c(C)n1CCC1CC1. The van der Waals surface area contributed by atoms with Crippen LogP contribution in [0.1, 0.15) is 73.0 Å². The Morgan fingerprint density at radius 1 is 1.11 bits per heavy atom. The minimum atomic E-state index is -0.235. The molecule has 2 aromatic rings. The summed E-state index contributed by atoms with van der Waals surface area (Å²) in [5.41, 5.74) is 4.61. The van der Waals surface area contributed by atoms with Crippen molar-refractivity contribution in [3.63, 3.8) is 0 Å². The first kappa shape index (κ1) is 19.2. The van der Waals surface area contributed by atoms with Crippen LogP contribution in [0.15, 0.2) is 24.3 Å². The highest BCUT2D eigenvalue weighted by Crippen LogP contribution is 2.35. The van der Waals surface area contributed by atoms with Crippen LogP contribution in [-0.2, 0) is 6.54 Å². The molecule has 1 heterocycles. The normalized spacial score (nSPS) is 17.7. The molecule has 1 aromatic heterocycles. The monoisotopic (exact) mass is 382 g/mol. The van der Waals surface area contributed by atoms with Crippen LogP contribution in [0.2, 0.25) is 0 Å². The third-order valence-electron chi connectivity index (χ3n) is 6.48. The van der Waals surface area contributed by atoms with Gasteiger partial charge in [-0.1, -0.05) is 38.2 Å². The van der Waals surface area contributed by atoms with Crippen molar-refractivity contribution in [2.75, 3.05) is 0 Å². The van der Waals surface area contributed by atoms with E-state index >= 15 is 0 Å². The predicted molar refractivity (Wildman–Crippen MR) is 111 cm³/mol. The second-order valence-corrected chi connectivity index (χ2v) is 8.68. The zero-order valence-electron chi connectivity index (χ0n) is 17.1. The molecule has 0 spiro atoms. The highest BCUT2D eigenvalue weighted by Gasteiger charge is 2.25. The molecular formula is C24H31FN2O. The molecule has 150 valence electrons. The van der Waals surface area contributed by atoms with E-state index in [9.17, 15) is 9.18 Å². The highest BCUT2D eigenvalue weighted by atomic mass is 19.1. The number of amides is 1. The largest absolute Gasteiger partial charge is 0.349 e. The van der Waals surface area contributed by atoms with Crippen LogP contribution >= 0.6 is 0 Å². The van der Waals surface area contributed by atoms with E-state index in [0.717, 1.165) is 59.8 Å². The van der Waals surface area contributed by atoms with Gasteiger partial charge in [-0.3, -0.25) is 4.79 Å². The van der Waals surface area contributed by atoms with E-state index in [1.165, 1.54) is 38.2 Å². The minimum absolute atomic E-state index is 0.0184. The molecule has 0 bridgehead atoms. The molecule has 0 atom stereocenters. The van der Waals surface area contributed by atoms with Crippen LogP contribution in [0, 0.1) is 25.6 Å². The van der Waals surface area contributed by atoms with Crippen LogP contribution in [0.3, 0.4) is 0 Å².